The van der Waals surface area contributed by atoms with Crippen LogP contribution in [0.5, 0.6) is 0 Å². The quantitative estimate of drug-likeness (QED) is 0.230. The van der Waals surface area contributed by atoms with Gasteiger partial charge in [-0.2, -0.15) is 18.4 Å². The van der Waals surface area contributed by atoms with Crippen molar-refractivity contribution >= 4 is 23.0 Å². The molecule has 3 aromatic carbocycles. The number of halogens is 3. The van der Waals surface area contributed by atoms with Crippen molar-refractivity contribution < 1.29 is 13.2 Å². The number of anilines is 1. The van der Waals surface area contributed by atoms with Crippen LogP contribution in [-0.2, 0) is 25.7 Å². The summed E-state index contributed by atoms with van der Waals surface area (Å²) in [5.41, 5.74) is 3.97. The number of nitrogens with zero attached hydrogens (tertiary/aromatic N) is 4. The molecule has 0 bridgehead atoms. The van der Waals surface area contributed by atoms with Gasteiger partial charge in [0, 0.05) is 37.2 Å². The lowest BCUT2D eigenvalue weighted by Crippen LogP contribution is -2.36. The number of imidazole rings is 1. The highest BCUT2D eigenvalue weighted by atomic mass is 32.1. The topological polar surface area (TPSA) is 56.9 Å². The highest BCUT2D eigenvalue weighted by Crippen LogP contribution is 2.32. The molecule has 1 aromatic heterocycles. The lowest BCUT2D eigenvalue weighted by molar-refractivity contribution is -0.138. The molecule has 0 atom stereocenters. The molecule has 5 nitrogen and oxygen atoms in total. The predicted octanol–water partition coefficient (Wildman–Crippen LogP) is 6.96. The molecule has 0 amide bonds. The highest BCUT2D eigenvalue weighted by Gasteiger charge is 2.33. The van der Waals surface area contributed by atoms with Gasteiger partial charge in [-0.1, -0.05) is 48.5 Å². The second-order valence-corrected chi connectivity index (χ2v) is 9.63. The van der Waals surface area contributed by atoms with Crippen molar-refractivity contribution in [2.24, 2.45) is 0 Å². The van der Waals surface area contributed by atoms with E-state index in [9.17, 15) is 13.2 Å². The Bertz CT molecular complexity index is 1450. The lowest BCUT2D eigenvalue weighted by atomic mass is 10.1. The standard InChI is InChI=1S/C30H28F3N5S/c1-22-7-2-5-11-28(22)36-29(39)37(20-25-8-3-4-10-27(25)30(31,32)33)16-6-9-26-18-35-21-38(26)19-24-14-12-23(17-34)13-15-24/h2-5,7-8,10-15,18,21H,6,9,16,19-20H2,1H3,(H,36,39). The molecule has 1 N–H and O–H groups in total. The number of nitriles is 1. The zero-order chi connectivity index (χ0) is 27.8. The SMILES string of the molecule is Cc1ccccc1NC(=S)N(CCCc1cncn1Cc1ccc(C#N)cc1)Cc1ccccc1C(F)(F)F. The number of nitrogens with one attached hydrogen (secondary N) is 1. The predicted molar refractivity (Wildman–Crippen MR) is 150 cm³/mol. The van der Waals surface area contributed by atoms with Crippen molar-refractivity contribution in [3.8, 4) is 6.07 Å². The van der Waals surface area contributed by atoms with Crippen LogP contribution in [0, 0.1) is 18.3 Å². The van der Waals surface area contributed by atoms with Crippen LogP contribution in [0.25, 0.3) is 0 Å². The van der Waals surface area contributed by atoms with Crippen molar-refractivity contribution in [3.05, 3.63) is 119 Å². The molecule has 39 heavy (non-hydrogen) atoms. The maximum Gasteiger partial charge on any atom is 0.416 e. The van der Waals surface area contributed by atoms with Crippen molar-refractivity contribution in [2.75, 3.05) is 11.9 Å². The molecule has 0 aliphatic rings. The van der Waals surface area contributed by atoms with Gasteiger partial charge in [-0.05, 0) is 72.9 Å². The molecule has 9 heteroatoms. The fourth-order valence-electron chi connectivity index (χ4n) is 4.33. The fraction of sp³-hybridized carbons (Fsp3) is 0.233. The average molecular weight is 548 g/mol. The van der Waals surface area contributed by atoms with E-state index >= 15 is 0 Å². The monoisotopic (exact) mass is 547 g/mol. The molecule has 0 saturated heterocycles. The molecule has 0 fully saturated rings. The van der Waals surface area contributed by atoms with Crippen LogP contribution >= 0.6 is 12.2 Å². The first kappa shape index (κ1) is 27.9. The van der Waals surface area contributed by atoms with Crippen LogP contribution in [0.2, 0.25) is 0 Å². The van der Waals surface area contributed by atoms with Crippen molar-refractivity contribution in [3.63, 3.8) is 0 Å². The zero-order valence-electron chi connectivity index (χ0n) is 21.4. The second-order valence-electron chi connectivity index (χ2n) is 9.25. The van der Waals surface area contributed by atoms with E-state index < -0.39 is 11.7 Å². The van der Waals surface area contributed by atoms with Gasteiger partial charge >= 0.3 is 6.18 Å². The summed E-state index contributed by atoms with van der Waals surface area (Å²) in [6, 6.07) is 22.8. The third kappa shape index (κ3) is 7.45. The first-order valence-corrected chi connectivity index (χ1v) is 12.9. The molecule has 0 unspecified atom stereocenters. The molecule has 4 aromatic rings. The summed E-state index contributed by atoms with van der Waals surface area (Å²) in [4.78, 5) is 6.08. The number of para-hydroxylation sites is 1. The summed E-state index contributed by atoms with van der Waals surface area (Å²) < 4.78 is 43.2. The molecule has 200 valence electrons. The summed E-state index contributed by atoms with van der Waals surface area (Å²) in [5, 5.41) is 12.6. The Balaban J connectivity index is 1.48. The Kier molecular flexibility index (Phi) is 8.99. The van der Waals surface area contributed by atoms with E-state index in [2.05, 4.69) is 16.4 Å². The molecule has 4 rings (SSSR count). The Hall–Kier alpha value is -4.16. The molecular weight excluding hydrogens is 519 g/mol. The Labute approximate surface area is 231 Å². The van der Waals surface area contributed by atoms with Crippen LogP contribution in [-0.4, -0.2) is 26.1 Å². The Morgan fingerprint density at radius 3 is 2.49 bits per heavy atom. The number of thiocarbonyl (C=S) groups is 1. The fourth-order valence-corrected chi connectivity index (χ4v) is 4.60. The molecule has 0 spiro atoms. The minimum atomic E-state index is -4.45. The van der Waals surface area contributed by atoms with Gasteiger partial charge in [-0.3, -0.25) is 0 Å². The van der Waals surface area contributed by atoms with Crippen molar-refractivity contribution in [1.29, 1.82) is 5.26 Å². The highest BCUT2D eigenvalue weighted by molar-refractivity contribution is 7.80. The van der Waals surface area contributed by atoms with Gasteiger partial charge in [-0.25, -0.2) is 4.98 Å². The molecule has 0 aliphatic heterocycles. The minimum Gasteiger partial charge on any atom is -0.345 e. The number of rotatable bonds is 9. The number of aryl methyl sites for hydroxylation is 2. The molecule has 0 saturated carbocycles. The number of hydrogen-bond donors (Lipinski definition) is 1. The number of benzene rings is 3. The number of hydrogen-bond acceptors (Lipinski definition) is 3. The van der Waals surface area contributed by atoms with Gasteiger partial charge in [0.2, 0.25) is 0 Å². The first-order valence-electron chi connectivity index (χ1n) is 12.5. The zero-order valence-corrected chi connectivity index (χ0v) is 22.3. The Morgan fingerprint density at radius 2 is 1.77 bits per heavy atom. The van der Waals surface area contributed by atoms with E-state index in [1.54, 1.807) is 35.6 Å². The van der Waals surface area contributed by atoms with Crippen LogP contribution in [0.15, 0.2) is 85.3 Å². The normalized spacial score (nSPS) is 11.2. The molecular formula is C30H28F3N5S. The van der Waals surface area contributed by atoms with Gasteiger partial charge in [0.05, 0.1) is 23.5 Å². The van der Waals surface area contributed by atoms with E-state index in [-0.39, 0.29) is 12.1 Å². The van der Waals surface area contributed by atoms with Crippen molar-refractivity contribution in [1.82, 2.24) is 14.5 Å². The summed E-state index contributed by atoms with van der Waals surface area (Å²) in [6.07, 6.45) is 0.431. The van der Waals surface area contributed by atoms with Gasteiger partial charge in [0.25, 0.3) is 0 Å². The molecule has 1 heterocycles. The summed E-state index contributed by atoms with van der Waals surface area (Å²) in [6.45, 7) is 3.03. The summed E-state index contributed by atoms with van der Waals surface area (Å²) in [5.74, 6) is 0. The second kappa shape index (κ2) is 12.6. The van der Waals surface area contributed by atoms with Crippen LogP contribution < -0.4 is 5.32 Å². The van der Waals surface area contributed by atoms with E-state index in [1.807, 2.05) is 47.9 Å². The first-order chi connectivity index (χ1) is 18.7. The van der Waals surface area contributed by atoms with Crippen LogP contribution in [0.1, 0.15) is 39.9 Å². The summed E-state index contributed by atoms with van der Waals surface area (Å²) >= 11 is 5.69. The van der Waals surface area contributed by atoms with Crippen molar-refractivity contribution in [2.45, 2.75) is 39.0 Å². The summed E-state index contributed by atoms with van der Waals surface area (Å²) in [7, 11) is 0. The van der Waals surface area contributed by atoms with E-state index in [1.165, 1.54) is 12.1 Å². The number of alkyl halides is 3. The molecule has 0 aliphatic carbocycles. The van der Waals surface area contributed by atoms with E-state index in [0.717, 1.165) is 28.6 Å². The van der Waals surface area contributed by atoms with E-state index in [4.69, 9.17) is 17.5 Å². The maximum absolute atomic E-state index is 13.7. The smallest absolute Gasteiger partial charge is 0.345 e. The van der Waals surface area contributed by atoms with Crippen LogP contribution in [0.3, 0.4) is 0 Å². The molecule has 0 radical (unpaired) electrons. The number of aromatic nitrogens is 2. The Morgan fingerprint density at radius 1 is 1.05 bits per heavy atom. The van der Waals surface area contributed by atoms with Gasteiger partial charge in [0.15, 0.2) is 5.11 Å². The van der Waals surface area contributed by atoms with Gasteiger partial charge in [-0.15, -0.1) is 0 Å². The minimum absolute atomic E-state index is 0.0257. The van der Waals surface area contributed by atoms with Gasteiger partial charge in [0.1, 0.15) is 0 Å². The largest absolute Gasteiger partial charge is 0.416 e. The van der Waals surface area contributed by atoms with Gasteiger partial charge < -0.3 is 14.8 Å². The third-order valence-electron chi connectivity index (χ3n) is 6.45. The third-order valence-corrected chi connectivity index (χ3v) is 6.81. The maximum atomic E-state index is 13.7. The van der Waals surface area contributed by atoms with E-state index in [0.29, 0.717) is 36.6 Å². The lowest BCUT2D eigenvalue weighted by Gasteiger charge is -2.28. The average Bonchev–Trinajstić information content (AvgIpc) is 3.36. The van der Waals surface area contributed by atoms with Crippen LogP contribution in [0.4, 0.5) is 18.9 Å².